The van der Waals surface area contributed by atoms with Crippen LogP contribution in [0.3, 0.4) is 0 Å². The van der Waals surface area contributed by atoms with E-state index in [1.54, 1.807) is 12.4 Å². The molecule has 0 unspecified atom stereocenters. The number of nitrogens with two attached hydrogens (primary N) is 1. The van der Waals surface area contributed by atoms with E-state index < -0.39 is 0 Å². The molecule has 2 heterocycles. The first-order valence-electron chi connectivity index (χ1n) is 8.89. The van der Waals surface area contributed by atoms with E-state index in [0.717, 1.165) is 35.6 Å². The molecule has 4 aromatic rings. The largest absolute Gasteiger partial charge is 0.321 e. The van der Waals surface area contributed by atoms with Gasteiger partial charge in [-0.25, -0.2) is 15.0 Å². The lowest BCUT2D eigenvalue weighted by molar-refractivity contribution is 0.253. The van der Waals surface area contributed by atoms with Crippen LogP contribution in [-0.2, 0) is 5.54 Å². The molecule has 0 bridgehead atoms. The molecule has 2 N–H and O–H groups in total. The summed E-state index contributed by atoms with van der Waals surface area (Å²) in [5.74, 6) is 0.839. The topological polar surface area (TPSA) is 69.6 Å². The second kappa shape index (κ2) is 5.75. The van der Waals surface area contributed by atoms with Crippen molar-refractivity contribution in [3.63, 3.8) is 0 Å². The first kappa shape index (κ1) is 15.2. The highest BCUT2D eigenvalue weighted by Crippen LogP contribution is 2.39. The van der Waals surface area contributed by atoms with Crippen molar-refractivity contribution in [2.45, 2.75) is 24.8 Å². The maximum absolute atomic E-state index is 6.46. The second-order valence-corrected chi connectivity index (χ2v) is 6.90. The van der Waals surface area contributed by atoms with Gasteiger partial charge in [-0.2, -0.15) is 0 Å². The van der Waals surface area contributed by atoms with Gasteiger partial charge in [-0.05, 0) is 37.0 Å². The Hall–Kier alpha value is -3.05. The van der Waals surface area contributed by atoms with Crippen molar-refractivity contribution in [3.8, 4) is 17.1 Å². The molecular formula is C21H19N5. The summed E-state index contributed by atoms with van der Waals surface area (Å²) in [5, 5.41) is 0. The first-order chi connectivity index (χ1) is 12.7. The van der Waals surface area contributed by atoms with Crippen molar-refractivity contribution in [2.24, 2.45) is 5.73 Å². The van der Waals surface area contributed by atoms with Gasteiger partial charge in [0.1, 0.15) is 5.82 Å². The quantitative estimate of drug-likeness (QED) is 0.615. The maximum Gasteiger partial charge on any atom is 0.198 e. The normalized spacial score (nSPS) is 15.7. The van der Waals surface area contributed by atoms with Crippen LogP contribution in [-0.4, -0.2) is 19.5 Å². The van der Waals surface area contributed by atoms with Gasteiger partial charge in [0.2, 0.25) is 0 Å². The van der Waals surface area contributed by atoms with Gasteiger partial charge in [0.25, 0.3) is 0 Å². The number of imidazole rings is 1. The number of fused-ring (bicyclic) bond motifs is 1. The van der Waals surface area contributed by atoms with E-state index in [1.165, 1.54) is 12.0 Å². The van der Waals surface area contributed by atoms with E-state index in [4.69, 9.17) is 10.7 Å². The van der Waals surface area contributed by atoms with Crippen molar-refractivity contribution >= 4 is 11.3 Å². The summed E-state index contributed by atoms with van der Waals surface area (Å²) in [7, 11) is 0. The average molecular weight is 341 g/mol. The van der Waals surface area contributed by atoms with Crippen molar-refractivity contribution in [1.82, 2.24) is 19.5 Å². The maximum atomic E-state index is 6.46. The minimum Gasteiger partial charge on any atom is -0.321 e. The molecule has 0 spiro atoms. The fourth-order valence-electron chi connectivity index (χ4n) is 3.62. The minimum absolute atomic E-state index is 0.155. The van der Waals surface area contributed by atoms with E-state index in [2.05, 4.69) is 50.9 Å². The van der Waals surface area contributed by atoms with Crippen molar-refractivity contribution in [1.29, 1.82) is 0 Å². The van der Waals surface area contributed by atoms with Gasteiger partial charge in [-0.1, -0.05) is 42.5 Å². The van der Waals surface area contributed by atoms with Gasteiger partial charge >= 0.3 is 0 Å². The van der Waals surface area contributed by atoms with Gasteiger partial charge < -0.3 is 5.73 Å². The standard InChI is InChI=1S/C21H19N5/c22-21(11-4-12-21)16-7-9-17(10-8-16)26-19(15-5-2-1-3-6-15)25-18-20(26)24-14-13-23-18/h1-3,5-10,13-14H,4,11-12,22H2. The molecule has 0 saturated heterocycles. The van der Waals surface area contributed by atoms with Crippen molar-refractivity contribution in [3.05, 3.63) is 72.6 Å². The molecule has 1 aliphatic rings. The zero-order chi connectivity index (χ0) is 17.6. The summed E-state index contributed by atoms with van der Waals surface area (Å²) in [4.78, 5) is 13.6. The lowest BCUT2D eigenvalue weighted by Gasteiger charge is -2.38. The number of benzene rings is 2. The highest BCUT2D eigenvalue weighted by atomic mass is 15.2. The Labute approximate surface area is 151 Å². The lowest BCUT2D eigenvalue weighted by Crippen LogP contribution is -2.43. The highest BCUT2D eigenvalue weighted by molar-refractivity contribution is 5.76. The van der Waals surface area contributed by atoms with Crippen LogP contribution in [0.1, 0.15) is 24.8 Å². The number of hydrogen-bond acceptors (Lipinski definition) is 4. The Kier molecular flexibility index (Phi) is 3.36. The summed E-state index contributed by atoms with van der Waals surface area (Å²) in [6.45, 7) is 0. The Balaban J connectivity index is 1.68. The van der Waals surface area contributed by atoms with Crippen molar-refractivity contribution < 1.29 is 0 Å². The number of nitrogens with zero attached hydrogens (tertiary/aromatic N) is 4. The molecule has 0 amide bonds. The number of aromatic nitrogens is 4. The SMILES string of the molecule is NC1(c2ccc(-n3c(-c4ccccc4)nc4nccnc43)cc2)CCC1. The van der Waals surface area contributed by atoms with E-state index >= 15 is 0 Å². The van der Waals surface area contributed by atoms with Gasteiger partial charge in [-0.15, -0.1) is 0 Å². The molecule has 0 aliphatic heterocycles. The van der Waals surface area contributed by atoms with Crippen LogP contribution in [0.4, 0.5) is 0 Å². The third-order valence-corrected chi connectivity index (χ3v) is 5.27. The van der Waals surface area contributed by atoms with Crippen LogP contribution >= 0.6 is 0 Å². The summed E-state index contributed by atoms with van der Waals surface area (Å²) >= 11 is 0. The molecule has 1 saturated carbocycles. The van der Waals surface area contributed by atoms with E-state index in [1.807, 2.05) is 18.2 Å². The third kappa shape index (κ3) is 2.32. The minimum atomic E-state index is -0.155. The smallest absolute Gasteiger partial charge is 0.198 e. The molecule has 1 fully saturated rings. The summed E-state index contributed by atoms with van der Waals surface area (Å²) in [6, 6.07) is 18.6. The molecule has 1 aliphatic carbocycles. The first-order valence-corrected chi connectivity index (χ1v) is 8.89. The Bertz CT molecular complexity index is 1060. The average Bonchev–Trinajstić information content (AvgIpc) is 3.06. The predicted octanol–water partition coefficient (Wildman–Crippen LogP) is 3.82. The van der Waals surface area contributed by atoms with Crippen LogP contribution in [0.5, 0.6) is 0 Å². The third-order valence-electron chi connectivity index (χ3n) is 5.27. The summed E-state index contributed by atoms with van der Waals surface area (Å²) in [5.41, 5.74) is 10.9. The zero-order valence-electron chi connectivity index (χ0n) is 14.3. The van der Waals surface area contributed by atoms with Gasteiger partial charge in [0.05, 0.1) is 0 Å². The van der Waals surface area contributed by atoms with Gasteiger partial charge in [0.15, 0.2) is 11.3 Å². The fraction of sp³-hybridized carbons (Fsp3) is 0.190. The summed E-state index contributed by atoms with van der Waals surface area (Å²) in [6.07, 6.45) is 6.69. The molecular weight excluding hydrogens is 322 g/mol. The molecule has 5 nitrogen and oxygen atoms in total. The van der Waals surface area contributed by atoms with Crippen LogP contribution < -0.4 is 5.73 Å². The molecule has 2 aromatic carbocycles. The van der Waals surface area contributed by atoms with Crippen LogP contribution in [0.15, 0.2) is 67.0 Å². The van der Waals surface area contributed by atoms with E-state index in [9.17, 15) is 0 Å². The molecule has 5 rings (SSSR count). The Morgan fingerprint density at radius 1 is 0.885 bits per heavy atom. The Morgan fingerprint density at radius 2 is 1.62 bits per heavy atom. The molecule has 0 radical (unpaired) electrons. The molecule has 0 atom stereocenters. The summed E-state index contributed by atoms with van der Waals surface area (Å²) < 4.78 is 2.06. The van der Waals surface area contributed by atoms with Gasteiger partial charge in [-0.3, -0.25) is 4.57 Å². The molecule has 5 heteroatoms. The fourth-order valence-corrected chi connectivity index (χ4v) is 3.62. The number of rotatable bonds is 3. The molecule has 26 heavy (non-hydrogen) atoms. The zero-order valence-corrected chi connectivity index (χ0v) is 14.3. The van der Waals surface area contributed by atoms with Crippen LogP contribution in [0.2, 0.25) is 0 Å². The highest BCUT2D eigenvalue weighted by Gasteiger charge is 2.34. The monoisotopic (exact) mass is 341 g/mol. The second-order valence-electron chi connectivity index (χ2n) is 6.90. The number of hydrogen-bond donors (Lipinski definition) is 1. The molecule has 2 aromatic heterocycles. The lowest BCUT2D eigenvalue weighted by atomic mass is 9.73. The molecule has 128 valence electrons. The van der Waals surface area contributed by atoms with E-state index in [0.29, 0.717) is 5.65 Å². The van der Waals surface area contributed by atoms with Crippen molar-refractivity contribution in [2.75, 3.05) is 0 Å². The predicted molar refractivity (Wildman–Crippen MR) is 102 cm³/mol. The van der Waals surface area contributed by atoms with Gasteiger partial charge in [0, 0.05) is 29.2 Å². The Morgan fingerprint density at radius 3 is 2.31 bits per heavy atom. The van der Waals surface area contributed by atoms with E-state index in [-0.39, 0.29) is 5.54 Å². The van der Waals surface area contributed by atoms with Crippen LogP contribution in [0, 0.1) is 0 Å². The van der Waals surface area contributed by atoms with Crippen LogP contribution in [0.25, 0.3) is 28.4 Å².